The number of amides is 2. The van der Waals surface area contributed by atoms with E-state index in [1.807, 2.05) is 30.3 Å². The number of nitrogens with one attached hydrogen (secondary N) is 1. The monoisotopic (exact) mass is 410 g/mol. The summed E-state index contributed by atoms with van der Waals surface area (Å²) in [7, 11) is 0. The summed E-state index contributed by atoms with van der Waals surface area (Å²) in [4.78, 5) is 14.1. The van der Waals surface area contributed by atoms with Crippen molar-refractivity contribution in [2.75, 3.05) is 26.2 Å². The Labute approximate surface area is 173 Å². The Bertz CT molecular complexity index is 954. The number of aromatic nitrogens is 2. The first-order valence-corrected chi connectivity index (χ1v) is 9.99. The number of hydrogen-bond donors (Lipinski definition) is 1. The van der Waals surface area contributed by atoms with Crippen LogP contribution in [-0.2, 0) is 0 Å². The summed E-state index contributed by atoms with van der Waals surface area (Å²) in [5, 5.41) is 11.1. The molecule has 1 saturated heterocycles. The summed E-state index contributed by atoms with van der Waals surface area (Å²) >= 11 is 0. The molecule has 1 fully saturated rings. The minimum absolute atomic E-state index is 0.0948. The Hall–Kier alpha value is -3.42. The van der Waals surface area contributed by atoms with Crippen LogP contribution < -0.4 is 10.1 Å². The van der Waals surface area contributed by atoms with Crippen LogP contribution in [0.3, 0.4) is 0 Å². The Morgan fingerprint density at radius 2 is 1.83 bits per heavy atom. The standard InChI is InChI=1S/C22H23FN4O3/c23-18-8-6-16(7-9-18)20-25-26-21(30-20)17-10-13-27(14-11-17)22(28)24-12-15-29-19-4-2-1-3-5-19/h1-9,17H,10-15H2,(H,24,28). The molecule has 30 heavy (non-hydrogen) atoms. The molecule has 1 aliphatic rings. The van der Waals surface area contributed by atoms with Crippen molar-refractivity contribution < 1.29 is 18.3 Å². The SMILES string of the molecule is O=C(NCCOc1ccccc1)N1CCC(c2nnc(-c3ccc(F)cc3)o2)CC1. The van der Waals surface area contributed by atoms with Crippen LogP contribution in [0.25, 0.3) is 11.5 Å². The number of hydrogen-bond acceptors (Lipinski definition) is 5. The fraction of sp³-hybridized carbons (Fsp3) is 0.318. The molecule has 2 amide bonds. The van der Waals surface area contributed by atoms with Gasteiger partial charge in [-0.3, -0.25) is 0 Å². The van der Waals surface area contributed by atoms with Gasteiger partial charge in [0, 0.05) is 24.6 Å². The van der Waals surface area contributed by atoms with Crippen molar-refractivity contribution in [1.82, 2.24) is 20.4 Å². The van der Waals surface area contributed by atoms with Crippen LogP contribution in [-0.4, -0.2) is 47.4 Å². The molecule has 0 saturated carbocycles. The lowest BCUT2D eigenvalue weighted by Gasteiger charge is -2.30. The van der Waals surface area contributed by atoms with Crippen molar-refractivity contribution in [2.45, 2.75) is 18.8 Å². The van der Waals surface area contributed by atoms with Gasteiger partial charge in [0.2, 0.25) is 11.8 Å². The lowest BCUT2D eigenvalue weighted by atomic mass is 9.97. The van der Waals surface area contributed by atoms with Crippen molar-refractivity contribution in [1.29, 1.82) is 0 Å². The molecule has 0 unspecified atom stereocenters. The fourth-order valence-corrected chi connectivity index (χ4v) is 3.39. The van der Waals surface area contributed by atoms with E-state index in [0.717, 1.165) is 18.6 Å². The van der Waals surface area contributed by atoms with Crippen molar-refractivity contribution in [3.05, 3.63) is 66.3 Å². The molecule has 0 bridgehead atoms. The number of halogens is 1. The second-order valence-corrected chi connectivity index (χ2v) is 7.11. The second-order valence-electron chi connectivity index (χ2n) is 7.11. The van der Waals surface area contributed by atoms with Crippen LogP contribution >= 0.6 is 0 Å². The zero-order chi connectivity index (χ0) is 20.8. The molecule has 4 rings (SSSR count). The molecule has 3 aromatic rings. The summed E-state index contributed by atoms with van der Waals surface area (Å²) < 4.78 is 24.4. The molecule has 0 aliphatic carbocycles. The summed E-state index contributed by atoms with van der Waals surface area (Å²) in [6, 6.07) is 15.4. The topological polar surface area (TPSA) is 80.5 Å². The van der Waals surface area contributed by atoms with Crippen LogP contribution in [0.5, 0.6) is 5.75 Å². The smallest absolute Gasteiger partial charge is 0.317 e. The third-order valence-electron chi connectivity index (χ3n) is 5.05. The summed E-state index contributed by atoms with van der Waals surface area (Å²) in [6.45, 7) is 2.09. The first kappa shape index (κ1) is 19.9. The van der Waals surface area contributed by atoms with Crippen LogP contribution in [0.2, 0.25) is 0 Å². The zero-order valence-corrected chi connectivity index (χ0v) is 16.5. The fourth-order valence-electron chi connectivity index (χ4n) is 3.39. The average molecular weight is 410 g/mol. The second kappa shape index (κ2) is 9.39. The molecule has 1 N–H and O–H groups in total. The third-order valence-corrected chi connectivity index (χ3v) is 5.05. The molecular formula is C22H23FN4O3. The number of carbonyl (C=O) groups excluding carboxylic acids is 1. The minimum Gasteiger partial charge on any atom is -0.492 e. The lowest BCUT2D eigenvalue weighted by Crippen LogP contribution is -2.45. The Morgan fingerprint density at radius 3 is 2.57 bits per heavy atom. The Kier molecular flexibility index (Phi) is 6.22. The van der Waals surface area contributed by atoms with Gasteiger partial charge in [-0.15, -0.1) is 10.2 Å². The number of nitrogens with zero attached hydrogens (tertiary/aromatic N) is 3. The van der Waals surface area contributed by atoms with Gasteiger partial charge in [0.05, 0.1) is 6.54 Å². The van der Waals surface area contributed by atoms with E-state index in [0.29, 0.717) is 43.6 Å². The maximum absolute atomic E-state index is 13.1. The maximum Gasteiger partial charge on any atom is 0.317 e. The van der Waals surface area contributed by atoms with Gasteiger partial charge < -0.3 is 19.4 Å². The number of para-hydroxylation sites is 1. The summed E-state index contributed by atoms with van der Waals surface area (Å²) in [5.74, 6) is 1.52. The van der Waals surface area contributed by atoms with E-state index in [9.17, 15) is 9.18 Å². The van der Waals surface area contributed by atoms with Gasteiger partial charge in [0.1, 0.15) is 18.2 Å². The van der Waals surface area contributed by atoms with E-state index in [1.165, 1.54) is 12.1 Å². The van der Waals surface area contributed by atoms with E-state index in [-0.39, 0.29) is 17.8 Å². The number of benzene rings is 2. The highest BCUT2D eigenvalue weighted by Gasteiger charge is 2.27. The zero-order valence-electron chi connectivity index (χ0n) is 16.5. The molecule has 2 aromatic carbocycles. The molecule has 2 heterocycles. The van der Waals surface area contributed by atoms with Crippen molar-refractivity contribution in [2.24, 2.45) is 0 Å². The molecule has 1 aliphatic heterocycles. The van der Waals surface area contributed by atoms with Crippen LogP contribution in [0.4, 0.5) is 9.18 Å². The lowest BCUT2D eigenvalue weighted by molar-refractivity contribution is 0.175. The van der Waals surface area contributed by atoms with Gasteiger partial charge in [-0.1, -0.05) is 18.2 Å². The van der Waals surface area contributed by atoms with E-state index >= 15 is 0 Å². The Morgan fingerprint density at radius 1 is 1.10 bits per heavy atom. The number of likely N-dealkylation sites (tertiary alicyclic amines) is 1. The van der Waals surface area contributed by atoms with Gasteiger partial charge in [0.25, 0.3) is 0 Å². The van der Waals surface area contributed by atoms with Gasteiger partial charge in [-0.25, -0.2) is 9.18 Å². The highest BCUT2D eigenvalue weighted by molar-refractivity contribution is 5.74. The highest BCUT2D eigenvalue weighted by Crippen LogP contribution is 2.29. The molecule has 1 aromatic heterocycles. The predicted molar refractivity (Wildman–Crippen MR) is 109 cm³/mol. The number of carbonyl (C=O) groups is 1. The van der Waals surface area contributed by atoms with E-state index < -0.39 is 0 Å². The number of rotatable bonds is 6. The number of ether oxygens (including phenoxy) is 1. The minimum atomic E-state index is -0.309. The average Bonchev–Trinajstić information content (AvgIpc) is 3.28. The first-order chi connectivity index (χ1) is 14.7. The molecule has 7 nitrogen and oxygen atoms in total. The van der Waals surface area contributed by atoms with E-state index in [1.54, 1.807) is 17.0 Å². The Balaban J connectivity index is 1.22. The molecule has 0 spiro atoms. The van der Waals surface area contributed by atoms with Crippen molar-refractivity contribution in [3.8, 4) is 17.2 Å². The van der Waals surface area contributed by atoms with E-state index in [2.05, 4.69) is 15.5 Å². The molecule has 156 valence electrons. The maximum atomic E-state index is 13.1. The van der Waals surface area contributed by atoms with Gasteiger partial charge >= 0.3 is 6.03 Å². The van der Waals surface area contributed by atoms with Crippen LogP contribution in [0.15, 0.2) is 59.0 Å². The first-order valence-electron chi connectivity index (χ1n) is 9.99. The quantitative estimate of drug-likeness (QED) is 0.625. The summed E-state index contributed by atoms with van der Waals surface area (Å²) in [5.41, 5.74) is 0.685. The van der Waals surface area contributed by atoms with Crippen LogP contribution in [0, 0.1) is 5.82 Å². The van der Waals surface area contributed by atoms with Gasteiger partial charge in [-0.2, -0.15) is 0 Å². The predicted octanol–water partition coefficient (Wildman–Crippen LogP) is 3.84. The molecule has 8 heteroatoms. The largest absolute Gasteiger partial charge is 0.492 e. The van der Waals surface area contributed by atoms with Gasteiger partial charge in [-0.05, 0) is 49.2 Å². The van der Waals surface area contributed by atoms with Gasteiger partial charge in [0.15, 0.2) is 0 Å². The normalized spacial score (nSPS) is 14.5. The number of piperidine rings is 1. The highest BCUT2D eigenvalue weighted by atomic mass is 19.1. The van der Waals surface area contributed by atoms with Crippen molar-refractivity contribution in [3.63, 3.8) is 0 Å². The summed E-state index contributed by atoms with van der Waals surface area (Å²) in [6.07, 6.45) is 1.50. The van der Waals surface area contributed by atoms with Crippen molar-refractivity contribution >= 4 is 6.03 Å². The number of urea groups is 1. The molecule has 0 radical (unpaired) electrons. The third kappa shape index (κ3) is 4.94. The van der Waals surface area contributed by atoms with E-state index in [4.69, 9.17) is 9.15 Å². The molecular weight excluding hydrogens is 387 g/mol. The van der Waals surface area contributed by atoms with Crippen LogP contribution in [0.1, 0.15) is 24.7 Å². The molecule has 0 atom stereocenters.